The van der Waals surface area contributed by atoms with Crippen LogP contribution in [-0.2, 0) is 5.60 Å². The van der Waals surface area contributed by atoms with Gasteiger partial charge in [-0.3, -0.25) is 4.79 Å². The lowest BCUT2D eigenvalue weighted by atomic mass is 9.82. The smallest absolute Gasteiger partial charge is 0.195 e. The van der Waals surface area contributed by atoms with Crippen LogP contribution in [0.15, 0.2) is 91.4 Å². The maximum atomic E-state index is 13.0. The van der Waals surface area contributed by atoms with Crippen LogP contribution in [-0.4, -0.2) is 20.9 Å². The van der Waals surface area contributed by atoms with Crippen LogP contribution >= 0.6 is 0 Å². The lowest BCUT2D eigenvalue weighted by Crippen LogP contribution is -2.29. The van der Waals surface area contributed by atoms with Crippen molar-refractivity contribution in [2.75, 3.05) is 5.73 Å². The van der Waals surface area contributed by atoms with Gasteiger partial charge in [-0.2, -0.15) is 0 Å². The van der Waals surface area contributed by atoms with Crippen LogP contribution in [0.1, 0.15) is 32.7 Å². The highest BCUT2D eigenvalue weighted by Crippen LogP contribution is 2.36. The first-order chi connectivity index (χ1) is 13.6. The number of anilines is 1. The Morgan fingerprint density at radius 3 is 2.25 bits per heavy atom. The summed E-state index contributed by atoms with van der Waals surface area (Å²) in [6.07, 6.45) is 3.08. The zero-order valence-corrected chi connectivity index (χ0v) is 15.0. The topological polar surface area (TPSA) is 92.0 Å². The van der Waals surface area contributed by atoms with E-state index in [1.165, 1.54) is 6.33 Å². The molecule has 4 aromatic rings. The van der Waals surface area contributed by atoms with Crippen molar-refractivity contribution in [2.24, 2.45) is 0 Å². The molecular weight excluding hydrogens is 350 g/mol. The summed E-state index contributed by atoms with van der Waals surface area (Å²) in [6, 6.07) is 23.2. The van der Waals surface area contributed by atoms with Crippen LogP contribution in [0, 0.1) is 0 Å². The number of benzene rings is 3. The van der Waals surface area contributed by atoms with E-state index in [9.17, 15) is 9.90 Å². The molecule has 0 spiro atoms. The summed E-state index contributed by atoms with van der Waals surface area (Å²) >= 11 is 0. The van der Waals surface area contributed by atoms with Crippen molar-refractivity contribution in [3.8, 4) is 0 Å². The Morgan fingerprint density at radius 2 is 1.61 bits per heavy atom. The van der Waals surface area contributed by atoms with Gasteiger partial charge in [0, 0.05) is 16.8 Å². The van der Waals surface area contributed by atoms with E-state index < -0.39 is 5.60 Å². The molecule has 28 heavy (non-hydrogen) atoms. The summed E-state index contributed by atoms with van der Waals surface area (Å²) in [5.74, 6) is -0.194. The van der Waals surface area contributed by atoms with Crippen LogP contribution in [0.2, 0.25) is 0 Å². The Morgan fingerprint density at radius 1 is 0.929 bits per heavy atom. The molecule has 1 unspecified atom stereocenters. The number of hydrogen-bond acceptors (Lipinski definition) is 4. The number of aromatic nitrogens is 2. The largest absolute Gasteiger partial charge is 0.398 e. The predicted molar refractivity (Wildman–Crippen MR) is 108 cm³/mol. The molecule has 0 saturated heterocycles. The predicted octanol–water partition coefficient (Wildman–Crippen LogP) is 3.51. The molecule has 4 rings (SSSR count). The second-order valence-electron chi connectivity index (χ2n) is 6.54. The quantitative estimate of drug-likeness (QED) is 0.371. The van der Waals surface area contributed by atoms with Gasteiger partial charge in [0.25, 0.3) is 0 Å². The van der Waals surface area contributed by atoms with Gasteiger partial charge in [0.05, 0.1) is 18.2 Å². The van der Waals surface area contributed by atoms with Gasteiger partial charge in [0.15, 0.2) is 11.4 Å². The molecule has 138 valence electrons. The number of nitrogens with one attached hydrogen (secondary N) is 1. The number of nitrogen functional groups attached to an aromatic ring is 1. The van der Waals surface area contributed by atoms with Crippen molar-refractivity contribution in [1.29, 1.82) is 0 Å². The Kier molecular flexibility index (Phi) is 4.51. The first-order valence-electron chi connectivity index (χ1n) is 8.87. The molecule has 0 saturated carbocycles. The Labute approximate surface area is 162 Å². The second-order valence-corrected chi connectivity index (χ2v) is 6.54. The van der Waals surface area contributed by atoms with E-state index in [4.69, 9.17) is 5.73 Å². The minimum atomic E-state index is -1.50. The summed E-state index contributed by atoms with van der Waals surface area (Å²) in [5, 5.41) is 11.8. The molecule has 1 atom stereocenters. The number of nitrogens with zero attached hydrogens (tertiary/aromatic N) is 1. The molecule has 0 fully saturated rings. The van der Waals surface area contributed by atoms with Crippen molar-refractivity contribution in [2.45, 2.75) is 5.60 Å². The van der Waals surface area contributed by atoms with Crippen molar-refractivity contribution in [1.82, 2.24) is 9.97 Å². The van der Waals surface area contributed by atoms with Gasteiger partial charge in [-0.1, -0.05) is 66.7 Å². The van der Waals surface area contributed by atoms with Gasteiger partial charge in [0.1, 0.15) is 0 Å². The van der Waals surface area contributed by atoms with Gasteiger partial charge in [0.2, 0.25) is 0 Å². The summed E-state index contributed by atoms with van der Waals surface area (Å²) in [4.78, 5) is 20.0. The van der Waals surface area contributed by atoms with E-state index in [0.717, 1.165) is 0 Å². The number of aliphatic hydroxyl groups is 1. The molecule has 0 aliphatic rings. The molecule has 0 bridgehead atoms. The van der Waals surface area contributed by atoms with Crippen molar-refractivity contribution in [3.63, 3.8) is 0 Å². The summed E-state index contributed by atoms with van der Waals surface area (Å²) < 4.78 is 0. The van der Waals surface area contributed by atoms with Gasteiger partial charge in [-0.15, -0.1) is 0 Å². The highest BCUT2D eigenvalue weighted by Gasteiger charge is 2.36. The van der Waals surface area contributed by atoms with E-state index >= 15 is 0 Å². The Balaban J connectivity index is 1.88. The molecule has 1 heterocycles. The van der Waals surface area contributed by atoms with Gasteiger partial charge in [-0.05, 0) is 23.3 Å². The van der Waals surface area contributed by atoms with Crippen LogP contribution < -0.4 is 5.73 Å². The summed E-state index contributed by atoms with van der Waals surface area (Å²) in [7, 11) is 0. The average molecular weight is 369 g/mol. The number of H-pyrrole nitrogens is 1. The third-order valence-corrected chi connectivity index (χ3v) is 4.83. The van der Waals surface area contributed by atoms with E-state index in [1.54, 1.807) is 48.7 Å². The molecular formula is C23H19N3O2. The second kappa shape index (κ2) is 7.13. The van der Waals surface area contributed by atoms with Gasteiger partial charge < -0.3 is 15.8 Å². The minimum Gasteiger partial charge on any atom is -0.398 e. The molecule has 0 aliphatic carbocycles. The fourth-order valence-corrected chi connectivity index (χ4v) is 3.33. The highest BCUT2D eigenvalue weighted by molar-refractivity contribution is 6.12. The number of imidazole rings is 1. The molecule has 0 amide bonds. The zero-order valence-electron chi connectivity index (χ0n) is 15.0. The van der Waals surface area contributed by atoms with Crippen molar-refractivity contribution >= 4 is 11.5 Å². The monoisotopic (exact) mass is 369 g/mol. The third-order valence-electron chi connectivity index (χ3n) is 4.83. The van der Waals surface area contributed by atoms with Crippen molar-refractivity contribution in [3.05, 3.63) is 119 Å². The number of rotatable bonds is 5. The first kappa shape index (κ1) is 17.7. The lowest BCUT2D eigenvalue weighted by molar-refractivity contribution is 0.103. The van der Waals surface area contributed by atoms with Crippen LogP contribution in [0.3, 0.4) is 0 Å². The third kappa shape index (κ3) is 2.98. The van der Waals surface area contributed by atoms with E-state index in [0.29, 0.717) is 33.6 Å². The van der Waals surface area contributed by atoms with Crippen LogP contribution in [0.4, 0.5) is 5.69 Å². The number of nitrogens with two attached hydrogens (primary N) is 1. The number of carbonyl (C=O) groups is 1. The molecule has 4 N–H and O–H groups in total. The minimum absolute atomic E-state index is 0.194. The molecule has 5 heteroatoms. The van der Waals surface area contributed by atoms with Gasteiger partial charge in [-0.25, -0.2) is 4.98 Å². The molecule has 5 nitrogen and oxygen atoms in total. The molecule has 1 aromatic heterocycles. The fraction of sp³-hybridized carbons (Fsp3) is 0.0435. The first-order valence-corrected chi connectivity index (χ1v) is 8.87. The molecule has 3 aromatic carbocycles. The van der Waals surface area contributed by atoms with Gasteiger partial charge >= 0.3 is 0 Å². The SMILES string of the molecule is Nc1ccc(C(O)(c2ccccc2)c2cnc[nH]2)cc1C(=O)c1ccccc1. The zero-order chi connectivity index (χ0) is 19.6. The Bertz CT molecular complexity index is 1090. The number of carbonyl (C=O) groups excluding carboxylic acids is 1. The molecule has 0 aliphatic heterocycles. The molecule has 0 radical (unpaired) electrons. The number of aromatic amines is 1. The summed E-state index contributed by atoms with van der Waals surface area (Å²) in [6.45, 7) is 0. The maximum absolute atomic E-state index is 13.0. The van der Waals surface area contributed by atoms with Crippen molar-refractivity contribution < 1.29 is 9.90 Å². The standard InChI is InChI=1S/C23H19N3O2/c24-20-12-11-18(13-19(20)22(27)16-7-3-1-4-8-16)23(28,21-14-25-15-26-21)17-9-5-2-6-10-17/h1-15,28H,24H2,(H,25,26). The normalized spacial score (nSPS) is 13.0. The number of ketones is 1. The maximum Gasteiger partial charge on any atom is 0.195 e. The lowest BCUT2D eigenvalue weighted by Gasteiger charge is -2.29. The van der Waals surface area contributed by atoms with Crippen LogP contribution in [0.25, 0.3) is 0 Å². The average Bonchev–Trinajstić information content (AvgIpc) is 3.30. The summed E-state index contributed by atoms with van der Waals surface area (Å²) in [5.41, 5.74) is 7.53. The van der Waals surface area contributed by atoms with Crippen LogP contribution in [0.5, 0.6) is 0 Å². The highest BCUT2D eigenvalue weighted by atomic mass is 16.3. The van der Waals surface area contributed by atoms with E-state index in [1.807, 2.05) is 36.4 Å². The van der Waals surface area contributed by atoms with E-state index in [-0.39, 0.29) is 5.78 Å². The van der Waals surface area contributed by atoms with E-state index in [2.05, 4.69) is 9.97 Å². The fourth-order valence-electron chi connectivity index (χ4n) is 3.33. The number of hydrogen-bond donors (Lipinski definition) is 3. The Hall–Kier alpha value is -3.70.